The lowest BCUT2D eigenvalue weighted by atomic mass is 10.2. The Morgan fingerprint density at radius 2 is 2.14 bits per heavy atom. The fourth-order valence-corrected chi connectivity index (χ4v) is 1.82. The van der Waals surface area contributed by atoms with Gasteiger partial charge in [-0.1, -0.05) is 13.0 Å². The molecule has 21 heavy (non-hydrogen) atoms. The first kappa shape index (κ1) is 14.9. The van der Waals surface area contributed by atoms with E-state index in [1.54, 1.807) is 19.2 Å². The van der Waals surface area contributed by atoms with Crippen molar-refractivity contribution in [2.75, 3.05) is 19.0 Å². The number of aromatic amines is 1. The maximum Gasteiger partial charge on any atom is 0.263 e. The lowest BCUT2D eigenvalue weighted by Crippen LogP contribution is -2.20. The predicted octanol–water partition coefficient (Wildman–Crippen LogP) is 2.31. The number of ether oxygens (including phenoxy) is 2. The van der Waals surface area contributed by atoms with Crippen LogP contribution in [0.15, 0.2) is 24.3 Å². The summed E-state index contributed by atoms with van der Waals surface area (Å²) >= 11 is 0. The molecule has 0 saturated heterocycles. The number of aromatic nitrogens is 2. The molecular formula is C15H19N3O3. The second kappa shape index (κ2) is 6.78. The van der Waals surface area contributed by atoms with Crippen LogP contribution in [0, 0.1) is 6.92 Å². The van der Waals surface area contributed by atoms with Crippen LogP contribution >= 0.6 is 0 Å². The van der Waals surface area contributed by atoms with E-state index >= 15 is 0 Å². The van der Waals surface area contributed by atoms with Crippen LogP contribution in [0.1, 0.15) is 18.2 Å². The fourth-order valence-electron chi connectivity index (χ4n) is 1.82. The topological polar surface area (TPSA) is 76.2 Å². The van der Waals surface area contributed by atoms with E-state index in [9.17, 15) is 4.79 Å². The summed E-state index contributed by atoms with van der Waals surface area (Å²) in [5, 5.41) is 9.49. The third-order valence-corrected chi connectivity index (χ3v) is 2.96. The molecule has 112 valence electrons. The SMILES string of the molecule is CCc1cc(NC(=O)COc2ccc(C)cc2OC)n[nH]1. The zero-order valence-corrected chi connectivity index (χ0v) is 12.4. The largest absolute Gasteiger partial charge is 0.493 e. The molecule has 0 unspecified atom stereocenters. The third-order valence-electron chi connectivity index (χ3n) is 2.96. The van der Waals surface area contributed by atoms with Gasteiger partial charge in [-0.05, 0) is 31.0 Å². The van der Waals surface area contributed by atoms with Gasteiger partial charge in [0.1, 0.15) is 0 Å². The van der Waals surface area contributed by atoms with Crippen LogP contribution in [0.2, 0.25) is 0 Å². The first-order valence-corrected chi connectivity index (χ1v) is 6.74. The van der Waals surface area contributed by atoms with Gasteiger partial charge in [0, 0.05) is 11.8 Å². The maximum absolute atomic E-state index is 11.8. The van der Waals surface area contributed by atoms with Crippen LogP contribution in [-0.2, 0) is 11.2 Å². The highest BCUT2D eigenvalue weighted by molar-refractivity contribution is 5.91. The van der Waals surface area contributed by atoms with Crippen molar-refractivity contribution in [1.29, 1.82) is 0 Å². The van der Waals surface area contributed by atoms with Gasteiger partial charge in [0.2, 0.25) is 0 Å². The van der Waals surface area contributed by atoms with Gasteiger partial charge in [-0.15, -0.1) is 0 Å². The Labute approximate surface area is 123 Å². The number of methoxy groups -OCH3 is 1. The van der Waals surface area contributed by atoms with Gasteiger partial charge in [0.25, 0.3) is 5.91 Å². The first-order valence-electron chi connectivity index (χ1n) is 6.74. The molecule has 6 nitrogen and oxygen atoms in total. The van der Waals surface area contributed by atoms with Crippen molar-refractivity contribution in [3.05, 3.63) is 35.5 Å². The van der Waals surface area contributed by atoms with Gasteiger partial charge >= 0.3 is 0 Å². The molecule has 1 aromatic carbocycles. The quantitative estimate of drug-likeness (QED) is 0.855. The summed E-state index contributed by atoms with van der Waals surface area (Å²) in [6.45, 7) is 3.86. The normalized spacial score (nSPS) is 10.2. The van der Waals surface area contributed by atoms with Gasteiger partial charge in [-0.25, -0.2) is 0 Å². The van der Waals surface area contributed by atoms with Gasteiger partial charge < -0.3 is 14.8 Å². The number of H-pyrrole nitrogens is 1. The van der Waals surface area contributed by atoms with E-state index in [0.29, 0.717) is 17.3 Å². The van der Waals surface area contributed by atoms with Crippen molar-refractivity contribution in [3.8, 4) is 11.5 Å². The summed E-state index contributed by atoms with van der Waals surface area (Å²) in [6, 6.07) is 7.33. The monoisotopic (exact) mass is 289 g/mol. The summed E-state index contributed by atoms with van der Waals surface area (Å²) in [6.07, 6.45) is 0.833. The molecule has 0 aliphatic rings. The Kier molecular flexibility index (Phi) is 4.81. The van der Waals surface area contributed by atoms with Crippen molar-refractivity contribution in [1.82, 2.24) is 10.2 Å². The number of benzene rings is 1. The van der Waals surface area contributed by atoms with E-state index in [4.69, 9.17) is 9.47 Å². The number of hydrogen-bond acceptors (Lipinski definition) is 4. The van der Waals surface area contributed by atoms with E-state index in [0.717, 1.165) is 17.7 Å². The molecule has 0 bridgehead atoms. The summed E-state index contributed by atoms with van der Waals surface area (Å²) in [4.78, 5) is 11.8. The van der Waals surface area contributed by atoms with Gasteiger partial charge in [-0.2, -0.15) is 5.10 Å². The van der Waals surface area contributed by atoms with Crippen LogP contribution < -0.4 is 14.8 Å². The summed E-state index contributed by atoms with van der Waals surface area (Å²) in [5.41, 5.74) is 2.03. The maximum atomic E-state index is 11.8. The van der Waals surface area contributed by atoms with Crippen molar-refractivity contribution in [2.24, 2.45) is 0 Å². The van der Waals surface area contributed by atoms with Crippen LogP contribution in [0.4, 0.5) is 5.82 Å². The zero-order chi connectivity index (χ0) is 15.2. The van der Waals surface area contributed by atoms with E-state index in [1.807, 2.05) is 26.0 Å². The number of hydrogen-bond donors (Lipinski definition) is 2. The van der Waals surface area contributed by atoms with Gasteiger partial charge in [0.05, 0.1) is 7.11 Å². The Hall–Kier alpha value is -2.50. The molecular weight excluding hydrogens is 270 g/mol. The molecule has 0 fully saturated rings. The van der Waals surface area contributed by atoms with Crippen LogP contribution in [-0.4, -0.2) is 29.8 Å². The lowest BCUT2D eigenvalue weighted by molar-refractivity contribution is -0.118. The van der Waals surface area contributed by atoms with E-state index < -0.39 is 0 Å². The minimum atomic E-state index is -0.271. The zero-order valence-electron chi connectivity index (χ0n) is 12.4. The average molecular weight is 289 g/mol. The van der Waals surface area contributed by atoms with Crippen LogP contribution in [0.25, 0.3) is 0 Å². The van der Waals surface area contributed by atoms with Crippen LogP contribution in [0.3, 0.4) is 0 Å². The van der Waals surface area contributed by atoms with E-state index in [2.05, 4.69) is 15.5 Å². The van der Waals surface area contributed by atoms with Gasteiger partial charge in [0.15, 0.2) is 23.9 Å². The molecule has 2 N–H and O–H groups in total. The van der Waals surface area contributed by atoms with Crippen LogP contribution in [0.5, 0.6) is 11.5 Å². The number of carbonyl (C=O) groups excluding carboxylic acids is 1. The molecule has 2 rings (SSSR count). The standard InChI is InChI=1S/C15H19N3O3/c1-4-11-8-14(18-17-11)16-15(19)9-21-12-6-5-10(2)7-13(12)20-3/h5-8H,4,9H2,1-3H3,(H2,16,17,18,19). The fraction of sp³-hybridized carbons (Fsp3) is 0.333. The van der Waals surface area contributed by atoms with E-state index in [1.165, 1.54) is 0 Å². The van der Waals surface area contributed by atoms with Crippen molar-refractivity contribution < 1.29 is 14.3 Å². The third kappa shape index (κ3) is 3.98. The number of amides is 1. The Bertz CT molecular complexity index is 622. The molecule has 6 heteroatoms. The second-order valence-corrected chi connectivity index (χ2v) is 4.62. The summed E-state index contributed by atoms with van der Waals surface area (Å²) < 4.78 is 10.7. The van der Waals surface area contributed by atoms with Crippen molar-refractivity contribution >= 4 is 11.7 Å². The Morgan fingerprint density at radius 1 is 1.33 bits per heavy atom. The summed E-state index contributed by atoms with van der Waals surface area (Å²) in [5.74, 6) is 1.37. The number of nitrogens with one attached hydrogen (secondary N) is 2. The molecule has 0 spiro atoms. The second-order valence-electron chi connectivity index (χ2n) is 4.62. The molecule has 0 aliphatic heterocycles. The minimum Gasteiger partial charge on any atom is -0.493 e. The van der Waals surface area contributed by atoms with Crippen molar-refractivity contribution in [3.63, 3.8) is 0 Å². The molecule has 0 aliphatic carbocycles. The highest BCUT2D eigenvalue weighted by atomic mass is 16.5. The lowest BCUT2D eigenvalue weighted by Gasteiger charge is -2.10. The number of aryl methyl sites for hydroxylation is 2. The average Bonchev–Trinajstić information content (AvgIpc) is 2.93. The first-order chi connectivity index (χ1) is 10.1. The van der Waals surface area contributed by atoms with E-state index in [-0.39, 0.29) is 12.5 Å². The number of rotatable bonds is 6. The minimum absolute atomic E-state index is 0.103. The Balaban J connectivity index is 1.92. The molecule has 2 aromatic rings. The molecule has 0 saturated carbocycles. The highest BCUT2D eigenvalue weighted by Gasteiger charge is 2.09. The van der Waals surface area contributed by atoms with Crippen molar-refractivity contribution in [2.45, 2.75) is 20.3 Å². The molecule has 0 atom stereocenters. The molecule has 1 aromatic heterocycles. The summed E-state index contributed by atoms with van der Waals surface area (Å²) in [7, 11) is 1.57. The molecule has 0 radical (unpaired) electrons. The molecule has 1 amide bonds. The molecule has 1 heterocycles. The number of carbonyl (C=O) groups is 1. The number of anilines is 1. The Morgan fingerprint density at radius 3 is 2.81 bits per heavy atom. The smallest absolute Gasteiger partial charge is 0.263 e. The predicted molar refractivity (Wildman–Crippen MR) is 79.8 cm³/mol. The highest BCUT2D eigenvalue weighted by Crippen LogP contribution is 2.27. The van der Waals surface area contributed by atoms with Gasteiger partial charge in [-0.3, -0.25) is 9.89 Å². The number of nitrogens with zero attached hydrogens (tertiary/aromatic N) is 1.